The molecule has 0 unspecified atom stereocenters. The average molecular weight is 254 g/mol. The van der Waals surface area contributed by atoms with Crippen LogP contribution in [0.3, 0.4) is 0 Å². The third-order valence-corrected chi connectivity index (χ3v) is 3.38. The third kappa shape index (κ3) is 3.83. The molecule has 19 heavy (non-hydrogen) atoms. The maximum Gasteiger partial charge on any atom is 0.0432 e. The fourth-order valence-electron chi connectivity index (χ4n) is 2.21. The number of hydrogen-bond acceptors (Lipinski definition) is 2. The molecule has 0 radical (unpaired) electrons. The first-order valence-electron chi connectivity index (χ1n) is 6.86. The molecule has 100 valence electrons. The Balaban J connectivity index is 2.17. The molecule has 0 amide bonds. The van der Waals surface area contributed by atoms with Crippen molar-refractivity contribution in [2.75, 3.05) is 18.0 Å². The van der Waals surface area contributed by atoms with E-state index >= 15 is 0 Å². The van der Waals surface area contributed by atoms with Gasteiger partial charge in [0.25, 0.3) is 0 Å². The molecule has 0 spiro atoms. The number of benzene rings is 2. The molecular weight excluding hydrogens is 232 g/mol. The van der Waals surface area contributed by atoms with E-state index in [1.807, 2.05) is 0 Å². The van der Waals surface area contributed by atoms with E-state index < -0.39 is 0 Å². The highest BCUT2D eigenvalue weighted by Crippen LogP contribution is 2.18. The van der Waals surface area contributed by atoms with Gasteiger partial charge in [0.2, 0.25) is 0 Å². The molecule has 0 heterocycles. The van der Waals surface area contributed by atoms with Gasteiger partial charge in [0.15, 0.2) is 0 Å². The Hall–Kier alpha value is -1.80. The number of hydrogen-bond donors (Lipinski definition) is 1. The maximum atomic E-state index is 5.65. The summed E-state index contributed by atoms with van der Waals surface area (Å²) in [7, 11) is 0. The summed E-state index contributed by atoms with van der Waals surface area (Å²) in [5, 5.41) is 0. The summed E-state index contributed by atoms with van der Waals surface area (Å²) in [5.41, 5.74) is 9.64. The molecule has 0 atom stereocenters. The molecule has 2 rings (SSSR count). The van der Waals surface area contributed by atoms with Gasteiger partial charge < -0.3 is 10.6 Å². The van der Waals surface area contributed by atoms with Crippen LogP contribution in [0.5, 0.6) is 0 Å². The van der Waals surface area contributed by atoms with E-state index in [-0.39, 0.29) is 0 Å². The second-order valence-corrected chi connectivity index (χ2v) is 4.83. The lowest BCUT2D eigenvalue weighted by Gasteiger charge is -2.25. The van der Waals surface area contributed by atoms with E-state index in [0.29, 0.717) is 0 Å². The van der Waals surface area contributed by atoms with Crippen molar-refractivity contribution in [1.29, 1.82) is 0 Å². The summed E-state index contributed by atoms with van der Waals surface area (Å²) in [5.74, 6) is 0. The molecule has 2 nitrogen and oxygen atoms in total. The molecule has 2 heteroatoms. The molecule has 2 aromatic rings. The van der Waals surface area contributed by atoms with Gasteiger partial charge in [-0.05, 0) is 43.1 Å². The van der Waals surface area contributed by atoms with Gasteiger partial charge >= 0.3 is 0 Å². The number of nitrogens with two attached hydrogens (primary N) is 1. The van der Waals surface area contributed by atoms with E-state index in [4.69, 9.17) is 5.73 Å². The molecule has 0 saturated heterocycles. The van der Waals surface area contributed by atoms with Crippen LogP contribution in [0, 0.1) is 6.92 Å². The van der Waals surface area contributed by atoms with Gasteiger partial charge in [0.05, 0.1) is 0 Å². The Morgan fingerprint density at radius 1 is 0.947 bits per heavy atom. The molecule has 0 saturated carbocycles. The second-order valence-electron chi connectivity index (χ2n) is 4.83. The highest BCUT2D eigenvalue weighted by atomic mass is 15.1. The van der Waals surface area contributed by atoms with E-state index in [1.165, 1.54) is 16.8 Å². The van der Waals surface area contributed by atoms with Crippen LogP contribution in [0.15, 0.2) is 54.6 Å². The van der Waals surface area contributed by atoms with Crippen LogP contribution in [0.4, 0.5) is 5.69 Å². The topological polar surface area (TPSA) is 29.3 Å². The Morgan fingerprint density at radius 2 is 1.63 bits per heavy atom. The summed E-state index contributed by atoms with van der Waals surface area (Å²) in [4.78, 5) is 2.40. The Bertz CT molecular complexity index is 494. The SMILES string of the molecule is Cc1ccccc1CN(CCCN)c1ccccc1. The first-order chi connectivity index (χ1) is 9.31. The summed E-state index contributed by atoms with van der Waals surface area (Å²) in [6.07, 6.45) is 1.01. The summed E-state index contributed by atoms with van der Waals surface area (Å²) in [6, 6.07) is 19.1. The third-order valence-electron chi connectivity index (χ3n) is 3.38. The minimum Gasteiger partial charge on any atom is -0.367 e. The summed E-state index contributed by atoms with van der Waals surface area (Å²) < 4.78 is 0. The quantitative estimate of drug-likeness (QED) is 0.856. The lowest BCUT2D eigenvalue weighted by Crippen LogP contribution is -2.25. The Labute approximate surface area is 115 Å². The molecular formula is C17H22N2. The molecule has 0 aliphatic rings. The zero-order valence-corrected chi connectivity index (χ0v) is 11.5. The predicted molar refractivity (Wildman–Crippen MR) is 82.3 cm³/mol. The fraction of sp³-hybridized carbons (Fsp3) is 0.294. The number of nitrogens with zero attached hydrogens (tertiary/aromatic N) is 1. The van der Waals surface area contributed by atoms with Gasteiger partial charge in [-0.3, -0.25) is 0 Å². The smallest absolute Gasteiger partial charge is 0.0432 e. The van der Waals surface area contributed by atoms with Gasteiger partial charge in [-0.25, -0.2) is 0 Å². The van der Waals surface area contributed by atoms with E-state index in [1.54, 1.807) is 0 Å². The average Bonchev–Trinajstić information content (AvgIpc) is 2.46. The van der Waals surface area contributed by atoms with Gasteiger partial charge in [0, 0.05) is 18.8 Å². The van der Waals surface area contributed by atoms with Crippen LogP contribution < -0.4 is 10.6 Å². The lowest BCUT2D eigenvalue weighted by molar-refractivity contribution is 0.734. The number of anilines is 1. The van der Waals surface area contributed by atoms with Gasteiger partial charge in [-0.1, -0.05) is 42.5 Å². The minimum atomic E-state index is 0.733. The largest absolute Gasteiger partial charge is 0.367 e. The van der Waals surface area contributed by atoms with Gasteiger partial charge in [-0.2, -0.15) is 0 Å². The van der Waals surface area contributed by atoms with Crippen molar-refractivity contribution >= 4 is 5.69 Å². The van der Waals surface area contributed by atoms with Crippen LogP contribution in [0.2, 0.25) is 0 Å². The lowest BCUT2D eigenvalue weighted by atomic mass is 10.1. The number of aryl methyl sites for hydroxylation is 1. The van der Waals surface area contributed by atoms with E-state index in [2.05, 4.69) is 66.4 Å². The van der Waals surface area contributed by atoms with Crippen LogP contribution in [0.25, 0.3) is 0 Å². The number of rotatable bonds is 6. The van der Waals surface area contributed by atoms with Crippen LogP contribution in [0.1, 0.15) is 17.5 Å². The Kier molecular flexibility index (Phi) is 4.99. The van der Waals surface area contributed by atoms with Gasteiger partial charge in [-0.15, -0.1) is 0 Å². The standard InChI is InChI=1S/C17H22N2/c1-15-8-5-6-9-16(15)14-19(13-7-12-18)17-10-3-2-4-11-17/h2-6,8-11H,7,12-14,18H2,1H3. The van der Waals surface area contributed by atoms with Crippen molar-refractivity contribution in [3.05, 3.63) is 65.7 Å². The van der Waals surface area contributed by atoms with Crippen molar-refractivity contribution in [2.45, 2.75) is 19.9 Å². The number of para-hydroxylation sites is 1. The predicted octanol–water partition coefficient (Wildman–Crippen LogP) is 3.35. The van der Waals surface area contributed by atoms with Crippen molar-refractivity contribution in [2.24, 2.45) is 5.73 Å². The van der Waals surface area contributed by atoms with Gasteiger partial charge in [0.1, 0.15) is 0 Å². The molecule has 0 bridgehead atoms. The highest BCUT2D eigenvalue weighted by Gasteiger charge is 2.07. The van der Waals surface area contributed by atoms with Crippen LogP contribution in [-0.4, -0.2) is 13.1 Å². The molecule has 0 aliphatic carbocycles. The van der Waals surface area contributed by atoms with Crippen LogP contribution >= 0.6 is 0 Å². The first-order valence-corrected chi connectivity index (χ1v) is 6.86. The van der Waals surface area contributed by atoms with Crippen LogP contribution in [-0.2, 0) is 6.54 Å². The van der Waals surface area contributed by atoms with Crippen molar-refractivity contribution in [1.82, 2.24) is 0 Å². The minimum absolute atomic E-state index is 0.733. The zero-order valence-electron chi connectivity index (χ0n) is 11.5. The van der Waals surface area contributed by atoms with Crippen molar-refractivity contribution in [3.63, 3.8) is 0 Å². The Morgan fingerprint density at radius 3 is 2.32 bits per heavy atom. The molecule has 0 aromatic heterocycles. The second kappa shape index (κ2) is 6.95. The zero-order chi connectivity index (χ0) is 13.5. The molecule has 2 N–H and O–H groups in total. The van der Waals surface area contributed by atoms with E-state index in [9.17, 15) is 0 Å². The normalized spacial score (nSPS) is 10.4. The monoisotopic (exact) mass is 254 g/mol. The first kappa shape index (κ1) is 13.6. The van der Waals surface area contributed by atoms with Crippen molar-refractivity contribution in [3.8, 4) is 0 Å². The maximum absolute atomic E-state index is 5.65. The fourth-order valence-corrected chi connectivity index (χ4v) is 2.21. The molecule has 0 fully saturated rings. The highest BCUT2D eigenvalue weighted by molar-refractivity contribution is 5.47. The summed E-state index contributed by atoms with van der Waals surface area (Å²) >= 11 is 0. The summed E-state index contributed by atoms with van der Waals surface area (Å²) in [6.45, 7) is 4.84. The van der Waals surface area contributed by atoms with E-state index in [0.717, 1.165) is 26.1 Å². The molecule has 2 aromatic carbocycles. The van der Waals surface area contributed by atoms with Crippen molar-refractivity contribution < 1.29 is 0 Å². The molecule has 0 aliphatic heterocycles.